The minimum atomic E-state index is -0.827. The van der Waals surface area contributed by atoms with Gasteiger partial charge in [0.2, 0.25) is 0 Å². The lowest BCUT2D eigenvalue weighted by Crippen LogP contribution is -2.31. The van der Waals surface area contributed by atoms with Gasteiger partial charge in [-0.1, -0.05) is 36.4 Å². The van der Waals surface area contributed by atoms with Crippen LogP contribution < -0.4 is 18.9 Å². The lowest BCUT2D eigenvalue weighted by atomic mass is 10.1. The minimum Gasteiger partial charge on any atom is -0.497 e. The third kappa shape index (κ3) is 6.50. The van der Waals surface area contributed by atoms with Gasteiger partial charge in [0.15, 0.2) is 6.10 Å². The molecule has 0 aliphatic heterocycles. The molecule has 7 nitrogen and oxygen atoms in total. The smallest absolute Gasteiger partial charge is 0.347 e. The van der Waals surface area contributed by atoms with Crippen molar-refractivity contribution in [1.29, 1.82) is 0 Å². The van der Waals surface area contributed by atoms with E-state index in [1.807, 2.05) is 74.5 Å². The summed E-state index contributed by atoms with van der Waals surface area (Å²) in [6.45, 7) is 4.18. The Morgan fingerprint density at radius 1 is 0.865 bits per heavy atom. The van der Waals surface area contributed by atoms with Crippen LogP contribution in [-0.4, -0.2) is 37.4 Å². The van der Waals surface area contributed by atoms with Crippen LogP contribution in [0.4, 0.5) is 0 Å². The summed E-state index contributed by atoms with van der Waals surface area (Å²) in [5.74, 6) is 2.19. The maximum atomic E-state index is 12.5. The highest BCUT2D eigenvalue weighted by atomic mass is 16.6. The molecule has 0 saturated heterocycles. The monoisotopic (exact) mass is 501 g/mol. The Balaban J connectivity index is 1.59. The Morgan fingerprint density at radius 2 is 1.62 bits per heavy atom. The molecular formula is C30H31NO6. The van der Waals surface area contributed by atoms with Crippen LogP contribution in [0.15, 0.2) is 79.0 Å². The van der Waals surface area contributed by atoms with E-state index in [1.165, 1.54) is 7.11 Å². The van der Waals surface area contributed by atoms with Crippen LogP contribution in [0, 0.1) is 0 Å². The van der Waals surface area contributed by atoms with E-state index in [0.717, 1.165) is 27.8 Å². The van der Waals surface area contributed by atoms with Crippen molar-refractivity contribution in [1.82, 2.24) is 4.98 Å². The molecule has 192 valence electrons. The van der Waals surface area contributed by atoms with Crippen LogP contribution >= 0.6 is 0 Å². The first-order valence-corrected chi connectivity index (χ1v) is 12.1. The van der Waals surface area contributed by atoms with Gasteiger partial charge in [-0.05, 0) is 55.8 Å². The van der Waals surface area contributed by atoms with Crippen LogP contribution in [0.3, 0.4) is 0 Å². The number of aromatic nitrogens is 1. The zero-order chi connectivity index (χ0) is 26.2. The molecule has 7 heteroatoms. The number of pyridine rings is 1. The van der Waals surface area contributed by atoms with Crippen LogP contribution in [0.25, 0.3) is 10.9 Å². The number of esters is 1. The summed E-state index contributed by atoms with van der Waals surface area (Å²) in [5.41, 5.74) is 2.42. The predicted octanol–water partition coefficient (Wildman–Crippen LogP) is 5.77. The fourth-order valence-electron chi connectivity index (χ4n) is 3.93. The zero-order valence-corrected chi connectivity index (χ0v) is 21.5. The summed E-state index contributed by atoms with van der Waals surface area (Å²) in [5, 5.41) is 0.851. The van der Waals surface area contributed by atoms with Crippen molar-refractivity contribution in [2.24, 2.45) is 0 Å². The van der Waals surface area contributed by atoms with Gasteiger partial charge in [0.05, 0.1) is 31.4 Å². The Labute approximate surface area is 216 Å². The molecule has 0 aliphatic carbocycles. The van der Waals surface area contributed by atoms with Crippen LogP contribution in [-0.2, 0) is 22.6 Å². The molecule has 0 radical (unpaired) electrons. The van der Waals surface area contributed by atoms with Crippen molar-refractivity contribution >= 4 is 16.9 Å². The number of carbonyl (C=O) groups is 1. The maximum absolute atomic E-state index is 12.5. The molecule has 0 fully saturated rings. The van der Waals surface area contributed by atoms with E-state index in [4.69, 9.17) is 23.7 Å². The van der Waals surface area contributed by atoms with Gasteiger partial charge in [-0.3, -0.25) is 4.98 Å². The highest BCUT2D eigenvalue weighted by Gasteiger charge is 2.24. The van der Waals surface area contributed by atoms with Gasteiger partial charge in [0.1, 0.15) is 29.6 Å². The summed E-state index contributed by atoms with van der Waals surface area (Å²) in [4.78, 5) is 17.1. The van der Waals surface area contributed by atoms with Gasteiger partial charge in [0.25, 0.3) is 0 Å². The van der Waals surface area contributed by atoms with Gasteiger partial charge in [0, 0.05) is 18.0 Å². The Kier molecular flexibility index (Phi) is 8.46. The first-order chi connectivity index (χ1) is 18.0. The normalized spacial score (nSPS) is 11.7. The fraction of sp³-hybridized carbons (Fsp3) is 0.267. The van der Waals surface area contributed by atoms with Crippen molar-refractivity contribution in [3.8, 4) is 23.0 Å². The third-order valence-electron chi connectivity index (χ3n) is 5.70. The van der Waals surface area contributed by atoms with Crippen molar-refractivity contribution in [3.63, 3.8) is 0 Å². The Hall–Kier alpha value is -4.26. The molecule has 1 atom stereocenters. The van der Waals surface area contributed by atoms with Crippen molar-refractivity contribution < 1.29 is 28.5 Å². The largest absolute Gasteiger partial charge is 0.497 e. The second-order valence-corrected chi connectivity index (χ2v) is 8.71. The predicted molar refractivity (Wildman–Crippen MR) is 141 cm³/mol. The molecule has 0 aliphatic rings. The van der Waals surface area contributed by atoms with Gasteiger partial charge >= 0.3 is 5.97 Å². The standard InChI is InChI=1S/C30H31NO6/c1-20(2)36-29-22(18-31-26-15-14-24(33-3)17-25(26)29)19-35-27-13-9-8-10-21(27)16-28(30(32)34-4)37-23-11-6-5-7-12-23/h5-15,17-18,20,28H,16,19H2,1-4H3. The van der Waals surface area contributed by atoms with Gasteiger partial charge in [-0.15, -0.1) is 0 Å². The van der Waals surface area contributed by atoms with Crippen LogP contribution in [0.2, 0.25) is 0 Å². The highest BCUT2D eigenvalue weighted by Crippen LogP contribution is 2.33. The molecule has 1 heterocycles. The molecule has 37 heavy (non-hydrogen) atoms. The average Bonchev–Trinajstić information content (AvgIpc) is 2.92. The Bertz CT molecular complexity index is 1340. The molecule has 0 N–H and O–H groups in total. The molecule has 0 saturated carbocycles. The van der Waals surface area contributed by atoms with Crippen LogP contribution in [0.5, 0.6) is 23.0 Å². The molecule has 1 unspecified atom stereocenters. The van der Waals surface area contributed by atoms with Crippen LogP contribution in [0.1, 0.15) is 25.0 Å². The number of fused-ring (bicyclic) bond motifs is 1. The van der Waals surface area contributed by atoms with E-state index in [9.17, 15) is 4.79 Å². The summed E-state index contributed by atoms with van der Waals surface area (Å²) in [6.07, 6.45) is 1.18. The molecule has 0 spiro atoms. The van der Waals surface area contributed by atoms with Gasteiger partial charge in [-0.25, -0.2) is 4.79 Å². The molecule has 4 aromatic rings. The zero-order valence-electron chi connectivity index (χ0n) is 21.5. The number of hydrogen-bond acceptors (Lipinski definition) is 7. The number of ether oxygens (including phenoxy) is 5. The number of methoxy groups -OCH3 is 2. The van der Waals surface area contributed by atoms with E-state index in [2.05, 4.69) is 4.98 Å². The summed E-state index contributed by atoms with van der Waals surface area (Å²) in [6, 6.07) is 22.5. The molecule has 3 aromatic carbocycles. The average molecular weight is 502 g/mol. The van der Waals surface area contributed by atoms with E-state index < -0.39 is 12.1 Å². The molecular weight excluding hydrogens is 470 g/mol. The van der Waals surface area contributed by atoms with E-state index >= 15 is 0 Å². The Morgan fingerprint density at radius 3 is 2.35 bits per heavy atom. The van der Waals surface area contributed by atoms with E-state index in [1.54, 1.807) is 25.4 Å². The maximum Gasteiger partial charge on any atom is 0.347 e. The number of carbonyl (C=O) groups excluding carboxylic acids is 1. The number of para-hydroxylation sites is 2. The molecule has 0 amide bonds. The van der Waals surface area contributed by atoms with Gasteiger partial charge < -0.3 is 23.7 Å². The topological polar surface area (TPSA) is 76.1 Å². The number of rotatable bonds is 11. The van der Waals surface area contributed by atoms with Gasteiger partial charge in [-0.2, -0.15) is 0 Å². The van der Waals surface area contributed by atoms with Crippen molar-refractivity contribution in [2.45, 2.75) is 39.1 Å². The number of benzene rings is 3. The lowest BCUT2D eigenvalue weighted by molar-refractivity contribution is -0.148. The fourth-order valence-corrected chi connectivity index (χ4v) is 3.93. The van der Waals surface area contributed by atoms with Crippen molar-refractivity contribution in [3.05, 3.63) is 90.1 Å². The summed E-state index contributed by atoms with van der Waals surface area (Å²) in [7, 11) is 2.98. The number of hydrogen-bond donors (Lipinski definition) is 0. The molecule has 0 bridgehead atoms. The quantitative estimate of drug-likeness (QED) is 0.241. The van der Waals surface area contributed by atoms with E-state index in [-0.39, 0.29) is 19.1 Å². The molecule has 1 aromatic heterocycles. The first-order valence-electron chi connectivity index (χ1n) is 12.1. The first kappa shape index (κ1) is 25.8. The third-order valence-corrected chi connectivity index (χ3v) is 5.70. The van der Waals surface area contributed by atoms with Crippen molar-refractivity contribution in [2.75, 3.05) is 14.2 Å². The van der Waals surface area contributed by atoms with E-state index in [0.29, 0.717) is 17.2 Å². The lowest BCUT2D eigenvalue weighted by Gasteiger charge is -2.20. The highest BCUT2D eigenvalue weighted by molar-refractivity contribution is 5.87. The second-order valence-electron chi connectivity index (χ2n) is 8.71. The minimum absolute atomic E-state index is 0.0428. The summed E-state index contributed by atoms with van der Waals surface area (Å²) >= 11 is 0. The number of nitrogens with zero attached hydrogens (tertiary/aromatic N) is 1. The molecule has 4 rings (SSSR count). The summed E-state index contributed by atoms with van der Waals surface area (Å²) < 4.78 is 28.8. The SMILES string of the molecule is COC(=O)C(Cc1ccccc1OCc1cnc2ccc(OC)cc2c1OC(C)C)Oc1ccccc1. The second kappa shape index (κ2) is 12.1.